The molecule has 1 unspecified atom stereocenters. The van der Waals surface area contributed by atoms with Crippen LogP contribution in [-0.4, -0.2) is 30.0 Å². The van der Waals surface area contributed by atoms with Gasteiger partial charge in [0, 0.05) is 28.0 Å². The van der Waals surface area contributed by atoms with Gasteiger partial charge in [0.15, 0.2) is 5.82 Å². The lowest BCUT2D eigenvalue weighted by atomic mass is 10.1. The van der Waals surface area contributed by atoms with Gasteiger partial charge in [-0.15, -0.1) is 0 Å². The van der Waals surface area contributed by atoms with Crippen LogP contribution >= 0.6 is 46.5 Å². The fraction of sp³-hybridized carbons (Fsp3) is 0.125. The lowest BCUT2D eigenvalue weighted by molar-refractivity contribution is 0.0955. The Morgan fingerprint density at radius 3 is 2.44 bits per heavy atom. The lowest BCUT2D eigenvalue weighted by Crippen LogP contribution is -2.29. The number of carbonyl (C=O) groups excluding carboxylic acids is 1. The number of benzene rings is 3. The van der Waals surface area contributed by atoms with Crippen molar-refractivity contribution in [2.75, 3.05) is 10.8 Å². The molecule has 0 fully saturated rings. The summed E-state index contributed by atoms with van der Waals surface area (Å²) in [4.78, 5) is 13.1. The van der Waals surface area contributed by atoms with Crippen molar-refractivity contribution in [2.45, 2.75) is 12.8 Å². The Labute approximate surface area is 229 Å². The molecule has 0 aliphatic heterocycles. The van der Waals surface area contributed by atoms with Crippen LogP contribution in [0.5, 0.6) is 0 Å². The zero-order chi connectivity index (χ0) is 25.7. The van der Waals surface area contributed by atoms with Gasteiger partial charge in [0.2, 0.25) is 0 Å². The second-order valence-corrected chi connectivity index (χ2v) is 10.3. The fourth-order valence-electron chi connectivity index (χ4n) is 3.52. The summed E-state index contributed by atoms with van der Waals surface area (Å²) in [6.45, 7) is 0.280. The standard InChI is InChI=1S/C24H19Cl3N4O3S2/c25-17-7-6-16(20(27)13-17)10-11-28-24(32)19-9-8-18(26)14-22(19)31(36(33)34)23-21(29-35-30-23)12-15-4-2-1-3-5-15/h1-9,13-14H,10-12H2,(H,28,32)(H,33,34). The molecule has 2 N–H and O–H groups in total. The van der Waals surface area contributed by atoms with Crippen molar-refractivity contribution in [2.24, 2.45) is 0 Å². The summed E-state index contributed by atoms with van der Waals surface area (Å²) in [6, 6.07) is 19.2. The van der Waals surface area contributed by atoms with E-state index in [4.69, 9.17) is 34.8 Å². The number of hydrogen-bond donors (Lipinski definition) is 2. The van der Waals surface area contributed by atoms with Crippen LogP contribution in [0, 0.1) is 0 Å². The minimum absolute atomic E-state index is 0.132. The first kappa shape index (κ1) is 26.5. The molecule has 0 aliphatic rings. The van der Waals surface area contributed by atoms with Crippen molar-refractivity contribution in [1.29, 1.82) is 0 Å². The van der Waals surface area contributed by atoms with Gasteiger partial charge in [-0.25, -0.2) is 8.51 Å². The molecule has 0 saturated carbocycles. The highest BCUT2D eigenvalue weighted by molar-refractivity contribution is 7.81. The maximum atomic E-state index is 13.1. The first-order valence-electron chi connectivity index (χ1n) is 10.6. The molecule has 0 bridgehead atoms. The van der Waals surface area contributed by atoms with Gasteiger partial charge < -0.3 is 5.32 Å². The Balaban J connectivity index is 1.60. The maximum absolute atomic E-state index is 13.1. The molecule has 0 saturated heterocycles. The van der Waals surface area contributed by atoms with Gasteiger partial charge in [-0.3, -0.25) is 9.35 Å². The molecule has 186 valence electrons. The largest absolute Gasteiger partial charge is 0.352 e. The van der Waals surface area contributed by atoms with E-state index >= 15 is 0 Å². The Hall–Kier alpha value is -2.53. The van der Waals surface area contributed by atoms with Gasteiger partial charge >= 0.3 is 0 Å². The van der Waals surface area contributed by atoms with Crippen molar-refractivity contribution in [3.05, 3.63) is 104 Å². The van der Waals surface area contributed by atoms with Gasteiger partial charge in [-0.2, -0.15) is 8.75 Å². The van der Waals surface area contributed by atoms with E-state index < -0.39 is 17.2 Å². The van der Waals surface area contributed by atoms with E-state index in [9.17, 15) is 13.6 Å². The van der Waals surface area contributed by atoms with Crippen LogP contribution in [-0.2, 0) is 24.1 Å². The summed E-state index contributed by atoms with van der Waals surface area (Å²) in [5.74, 6) is -0.274. The third kappa shape index (κ3) is 6.42. The van der Waals surface area contributed by atoms with Crippen LogP contribution in [0.15, 0.2) is 66.7 Å². The summed E-state index contributed by atoms with van der Waals surface area (Å²) >= 11 is 16.7. The molecule has 1 aromatic heterocycles. The van der Waals surface area contributed by atoms with Crippen molar-refractivity contribution in [3.8, 4) is 0 Å². The van der Waals surface area contributed by atoms with Gasteiger partial charge in [0.05, 0.1) is 23.0 Å². The molecule has 1 atom stereocenters. The Morgan fingerprint density at radius 2 is 1.72 bits per heavy atom. The highest BCUT2D eigenvalue weighted by Crippen LogP contribution is 2.34. The number of halogens is 3. The number of rotatable bonds is 9. The predicted molar refractivity (Wildman–Crippen MR) is 146 cm³/mol. The van der Waals surface area contributed by atoms with E-state index in [2.05, 4.69) is 14.1 Å². The summed E-state index contributed by atoms with van der Waals surface area (Å²) in [7, 11) is 0. The third-order valence-corrected chi connectivity index (χ3v) is 7.28. The quantitative estimate of drug-likeness (QED) is 0.225. The number of hydrogen-bond acceptors (Lipinski definition) is 5. The number of nitrogens with one attached hydrogen (secondary N) is 1. The van der Waals surface area contributed by atoms with Gasteiger partial charge in [0.25, 0.3) is 17.2 Å². The lowest BCUT2D eigenvalue weighted by Gasteiger charge is -2.21. The second-order valence-electron chi connectivity index (χ2n) is 7.63. The Morgan fingerprint density at radius 1 is 1.00 bits per heavy atom. The van der Waals surface area contributed by atoms with Gasteiger partial charge in [0.1, 0.15) is 5.69 Å². The molecular formula is C24H19Cl3N4O3S2. The van der Waals surface area contributed by atoms with E-state index in [0.717, 1.165) is 27.2 Å². The van der Waals surface area contributed by atoms with E-state index in [0.29, 0.717) is 28.6 Å². The van der Waals surface area contributed by atoms with E-state index in [-0.39, 0.29) is 28.6 Å². The molecule has 7 nitrogen and oxygen atoms in total. The van der Waals surface area contributed by atoms with Crippen LogP contribution in [0.2, 0.25) is 15.1 Å². The fourth-order valence-corrected chi connectivity index (χ4v) is 5.41. The van der Waals surface area contributed by atoms with E-state index in [1.54, 1.807) is 24.3 Å². The average molecular weight is 582 g/mol. The maximum Gasteiger partial charge on any atom is 0.268 e. The SMILES string of the molecule is O=C(NCCc1ccc(Cl)cc1Cl)c1ccc(Cl)cc1N(c1nsnc1Cc1ccccc1)S(=O)O. The van der Waals surface area contributed by atoms with Gasteiger partial charge in [-0.05, 0) is 47.9 Å². The van der Waals surface area contributed by atoms with Crippen LogP contribution in [0.1, 0.15) is 27.2 Å². The molecule has 12 heteroatoms. The molecular weight excluding hydrogens is 563 g/mol. The smallest absolute Gasteiger partial charge is 0.268 e. The van der Waals surface area contributed by atoms with E-state index in [1.807, 2.05) is 30.3 Å². The molecule has 3 aromatic carbocycles. The predicted octanol–water partition coefficient (Wildman–Crippen LogP) is 6.34. The number of nitrogens with zero attached hydrogens (tertiary/aromatic N) is 3. The average Bonchev–Trinajstić information content (AvgIpc) is 3.28. The minimum Gasteiger partial charge on any atom is -0.352 e. The zero-order valence-corrected chi connectivity index (χ0v) is 22.4. The summed E-state index contributed by atoms with van der Waals surface area (Å²) in [5, 5.41) is 4.15. The number of amides is 1. The highest BCUT2D eigenvalue weighted by atomic mass is 35.5. The molecule has 0 aliphatic carbocycles. The molecule has 0 spiro atoms. The van der Waals surface area contributed by atoms with Crippen LogP contribution < -0.4 is 9.62 Å². The minimum atomic E-state index is -2.56. The van der Waals surface area contributed by atoms with Crippen LogP contribution in [0.25, 0.3) is 0 Å². The zero-order valence-electron chi connectivity index (χ0n) is 18.5. The third-order valence-electron chi connectivity index (χ3n) is 5.22. The Kier molecular flexibility index (Phi) is 8.95. The summed E-state index contributed by atoms with van der Waals surface area (Å²) < 4.78 is 32.4. The summed E-state index contributed by atoms with van der Waals surface area (Å²) in [6.07, 6.45) is 0.863. The second kappa shape index (κ2) is 12.1. The van der Waals surface area contributed by atoms with Gasteiger partial charge in [-0.1, -0.05) is 71.2 Å². The molecule has 4 aromatic rings. The molecule has 1 heterocycles. The molecule has 36 heavy (non-hydrogen) atoms. The van der Waals surface area contributed by atoms with Crippen molar-refractivity contribution in [1.82, 2.24) is 14.1 Å². The normalized spacial score (nSPS) is 11.8. The van der Waals surface area contributed by atoms with Crippen LogP contribution in [0.4, 0.5) is 11.5 Å². The van der Waals surface area contributed by atoms with Crippen molar-refractivity contribution in [3.63, 3.8) is 0 Å². The molecule has 4 rings (SSSR count). The van der Waals surface area contributed by atoms with Crippen molar-refractivity contribution < 1.29 is 13.6 Å². The first-order valence-corrected chi connectivity index (χ1v) is 13.5. The van der Waals surface area contributed by atoms with E-state index in [1.165, 1.54) is 12.1 Å². The van der Waals surface area contributed by atoms with Crippen molar-refractivity contribution >= 4 is 75.2 Å². The first-order chi connectivity index (χ1) is 17.3. The number of anilines is 2. The molecule has 1 amide bonds. The topological polar surface area (TPSA) is 95.4 Å². The molecule has 0 radical (unpaired) electrons. The number of carbonyl (C=O) groups is 1. The Bertz CT molecular complexity index is 1400. The number of aromatic nitrogens is 2. The summed E-state index contributed by atoms with van der Waals surface area (Å²) in [5.41, 5.74) is 2.57. The van der Waals surface area contributed by atoms with Crippen LogP contribution in [0.3, 0.4) is 0 Å². The highest BCUT2D eigenvalue weighted by Gasteiger charge is 2.27. The monoisotopic (exact) mass is 580 g/mol.